The molecule has 0 aliphatic heterocycles. The van der Waals surface area contributed by atoms with E-state index in [0.29, 0.717) is 12.5 Å². The van der Waals surface area contributed by atoms with E-state index in [4.69, 9.17) is 4.42 Å². The number of aliphatic imine (C=N–C) groups is 1. The number of nitrogens with zero attached hydrogens (tertiary/aromatic N) is 1. The van der Waals surface area contributed by atoms with Crippen LogP contribution in [0.3, 0.4) is 0 Å². The summed E-state index contributed by atoms with van der Waals surface area (Å²) in [4.78, 5) is 15.9. The molecule has 1 fully saturated rings. The van der Waals surface area contributed by atoms with Gasteiger partial charge in [-0.1, -0.05) is 38.5 Å². The van der Waals surface area contributed by atoms with Gasteiger partial charge in [-0.2, -0.15) is 0 Å². The highest BCUT2D eigenvalue weighted by molar-refractivity contribution is 14.0. The van der Waals surface area contributed by atoms with Gasteiger partial charge in [-0.05, 0) is 24.5 Å². The second-order valence-corrected chi connectivity index (χ2v) is 6.35. The van der Waals surface area contributed by atoms with Gasteiger partial charge in [-0.15, -0.1) is 24.0 Å². The molecule has 1 aromatic heterocycles. The molecule has 0 spiro atoms. The average molecular weight is 462 g/mol. The number of hydrogen-bond acceptors (Lipinski definition) is 3. The molecule has 25 heavy (non-hydrogen) atoms. The molecule has 6 nitrogen and oxygen atoms in total. The van der Waals surface area contributed by atoms with E-state index < -0.39 is 0 Å². The minimum Gasteiger partial charge on any atom is -0.467 e. The lowest BCUT2D eigenvalue weighted by Crippen LogP contribution is -2.43. The standard InChI is InChI=1S/C18H30N4O2.HI/c1-19-18(20-11-5-4-9-15-7-2-3-8-15)22-14-17(23)21-13-16-10-6-12-24-16;/h6,10,12,15H,2-5,7-9,11,13-14H2,1H3,(H,21,23)(H2,19,20,22);1H. The number of furan rings is 1. The van der Waals surface area contributed by atoms with Crippen molar-refractivity contribution in [1.82, 2.24) is 16.0 Å². The van der Waals surface area contributed by atoms with Crippen LogP contribution in [0.2, 0.25) is 0 Å². The normalized spacial score (nSPS) is 14.8. The first kappa shape index (κ1) is 21.8. The van der Waals surface area contributed by atoms with E-state index >= 15 is 0 Å². The zero-order valence-electron chi connectivity index (χ0n) is 15.1. The number of hydrogen-bond donors (Lipinski definition) is 3. The monoisotopic (exact) mass is 462 g/mol. The Labute approximate surface area is 167 Å². The van der Waals surface area contributed by atoms with Gasteiger partial charge >= 0.3 is 0 Å². The van der Waals surface area contributed by atoms with Crippen molar-refractivity contribution in [3.05, 3.63) is 24.2 Å². The van der Waals surface area contributed by atoms with Crippen molar-refractivity contribution in [3.8, 4) is 0 Å². The van der Waals surface area contributed by atoms with E-state index in [-0.39, 0.29) is 36.4 Å². The van der Waals surface area contributed by atoms with Crippen LogP contribution >= 0.6 is 24.0 Å². The number of guanidine groups is 1. The summed E-state index contributed by atoms with van der Waals surface area (Å²) in [6.07, 6.45) is 11.0. The van der Waals surface area contributed by atoms with E-state index in [1.54, 1.807) is 19.4 Å². The fourth-order valence-corrected chi connectivity index (χ4v) is 3.11. The van der Waals surface area contributed by atoms with Gasteiger partial charge in [0.15, 0.2) is 5.96 Å². The maximum atomic E-state index is 11.8. The van der Waals surface area contributed by atoms with Gasteiger partial charge in [0.05, 0.1) is 19.4 Å². The summed E-state index contributed by atoms with van der Waals surface area (Å²) >= 11 is 0. The van der Waals surface area contributed by atoms with Gasteiger partial charge < -0.3 is 20.4 Å². The molecule has 7 heteroatoms. The Kier molecular flexibility index (Phi) is 11.3. The minimum atomic E-state index is -0.0874. The minimum absolute atomic E-state index is 0. The molecule has 1 saturated carbocycles. The molecule has 3 N–H and O–H groups in total. The molecule has 0 aromatic carbocycles. The maximum absolute atomic E-state index is 11.8. The average Bonchev–Trinajstić information content (AvgIpc) is 3.29. The fraction of sp³-hybridized carbons (Fsp3) is 0.667. The summed E-state index contributed by atoms with van der Waals surface area (Å²) in [6, 6.07) is 3.64. The van der Waals surface area contributed by atoms with E-state index in [1.165, 1.54) is 38.5 Å². The van der Waals surface area contributed by atoms with Crippen LogP contribution in [0, 0.1) is 5.92 Å². The van der Waals surface area contributed by atoms with Gasteiger partial charge in [-0.3, -0.25) is 9.79 Å². The van der Waals surface area contributed by atoms with Crippen molar-refractivity contribution in [1.29, 1.82) is 0 Å². The van der Waals surface area contributed by atoms with Gasteiger partial charge in [0.25, 0.3) is 0 Å². The number of amides is 1. The summed E-state index contributed by atoms with van der Waals surface area (Å²) in [6.45, 7) is 1.49. The zero-order chi connectivity index (χ0) is 17.0. The molecule has 0 radical (unpaired) electrons. The quantitative estimate of drug-likeness (QED) is 0.228. The van der Waals surface area contributed by atoms with Gasteiger partial charge in [0, 0.05) is 13.6 Å². The summed E-state index contributed by atoms with van der Waals surface area (Å²) < 4.78 is 5.17. The Morgan fingerprint density at radius 2 is 2.04 bits per heavy atom. The molecule has 0 unspecified atom stereocenters. The number of rotatable bonds is 9. The third-order valence-electron chi connectivity index (χ3n) is 4.49. The van der Waals surface area contributed by atoms with Crippen LogP contribution < -0.4 is 16.0 Å². The number of nitrogens with one attached hydrogen (secondary N) is 3. The van der Waals surface area contributed by atoms with Crippen molar-refractivity contribution in [2.24, 2.45) is 10.9 Å². The largest absolute Gasteiger partial charge is 0.467 e. The first-order valence-electron chi connectivity index (χ1n) is 9.01. The highest BCUT2D eigenvalue weighted by Crippen LogP contribution is 2.28. The predicted molar refractivity (Wildman–Crippen MR) is 111 cm³/mol. The molecule has 1 aliphatic carbocycles. The van der Waals surface area contributed by atoms with Gasteiger partial charge in [0.2, 0.25) is 5.91 Å². The van der Waals surface area contributed by atoms with Crippen LogP contribution in [0.1, 0.15) is 50.7 Å². The van der Waals surface area contributed by atoms with Crippen molar-refractivity contribution < 1.29 is 9.21 Å². The fourth-order valence-electron chi connectivity index (χ4n) is 3.11. The van der Waals surface area contributed by atoms with E-state index in [0.717, 1.165) is 24.6 Å². The molecular formula is C18H31IN4O2. The van der Waals surface area contributed by atoms with Crippen LogP contribution in [-0.2, 0) is 11.3 Å². The predicted octanol–water partition coefficient (Wildman–Crippen LogP) is 3.04. The van der Waals surface area contributed by atoms with Crippen molar-refractivity contribution in [2.45, 2.75) is 51.5 Å². The van der Waals surface area contributed by atoms with Crippen LogP contribution in [-0.4, -0.2) is 32.0 Å². The SMILES string of the molecule is CN=C(NCCCCC1CCCC1)NCC(=O)NCc1ccco1.I. The van der Waals surface area contributed by atoms with Crippen molar-refractivity contribution in [3.63, 3.8) is 0 Å². The smallest absolute Gasteiger partial charge is 0.239 e. The molecule has 0 atom stereocenters. The maximum Gasteiger partial charge on any atom is 0.239 e. The Morgan fingerprint density at radius 1 is 1.24 bits per heavy atom. The topological polar surface area (TPSA) is 78.7 Å². The van der Waals surface area contributed by atoms with E-state index in [9.17, 15) is 4.79 Å². The first-order chi connectivity index (χ1) is 11.8. The number of carbonyl (C=O) groups excluding carboxylic acids is 1. The van der Waals surface area contributed by atoms with E-state index in [1.807, 2.05) is 6.07 Å². The Hall–Kier alpha value is -1.25. The van der Waals surface area contributed by atoms with Crippen molar-refractivity contribution >= 4 is 35.8 Å². The van der Waals surface area contributed by atoms with E-state index in [2.05, 4.69) is 20.9 Å². The van der Waals surface area contributed by atoms with Crippen molar-refractivity contribution in [2.75, 3.05) is 20.1 Å². The van der Waals surface area contributed by atoms with Crippen LogP contribution in [0.15, 0.2) is 27.8 Å². The molecular weight excluding hydrogens is 431 g/mol. The zero-order valence-corrected chi connectivity index (χ0v) is 17.4. The molecule has 1 aliphatic rings. The number of halogens is 1. The second kappa shape index (κ2) is 13.0. The summed E-state index contributed by atoms with van der Waals surface area (Å²) in [5, 5.41) is 9.08. The second-order valence-electron chi connectivity index (χ2n) is 6.35. The third kappa shape index (κ3) is 9.13. The first-order valence-corrected chi connectivity index (χ1v) is 9.01. The Balaban J connectivity index is 0.00000312. The molecule has 142 valence electrons. The number of unbranched alkanes of at least 4 members (excludes halogenated alkanes) is 1. The molecule has 0 saturated heterocycles. The lowest BCUT2D eigenvalue weighted by Gasteiger charge is -2.12. The number of carbonyl (C=O) groups is 1. The Bertz CT molecular complexity index is 499. The molecule has 2 rings (SSSR count). The van der Waals surface area contributed by atoms with Gasteiger partial charge in [-0.25, -0.2) is 0 Å². The molecule has 1 amide bonds. The lowest BCUT2D eigenvalue weighted by molar-refractivity contribution is -0.120. The van der Waals surface area contributed by atoms with Gasteiger partial charge in [0.1, 0.15) is 5.76 Å². The van der Waals surface area contributed by atoms with Crippen LogP contribution in [0.25, 0.3) is 0 Å². The molecule has 1 aromatic rings. The highest BCUT2D eigenvalue weighted by Gasteiger charge is 2.13. The summed E-state index contributed by atoms with van der Waals surface area (Å²) in [7, 11) is 1.72. The summed E-state index contributed by atoms with van der Waals surface area (Å²) in [5.74, 6) is 2.29. The third-order valence-corrected chi connectivity index (χ3v) is 4.49. The highest BCUT2D eigenvalue weighted by atomic mass is 127. The van der Waals surface area contributed by atoms with Crippen LogP contribution in [0.5, 0.6) is 0 Å². The summed E-state index contributed by atoms with van der Waals surface area (Å²) in [5.41, 5.74) is 0. The lowest BCUT2D eigenvalue weighted by atomic mass is 10.0. The van der Waals surface area contributed by atoms with Crippen LogP contribution in [0.4, 0.5) is 0 Å². The molecule has 0 bridgehead atoms. The Morgan fingerprint density at radius 3 is 2.72 bits per heavy atom. The molecule has 1 heterocycles.